The first-order valence-electron chi connectivity index (χ1n) is 9.14. The van der Waals surface area contributed by atoms with Crippen LogP contribution < -0.4 is 0 Å². The Hall–Kier alpha value is -2.80. The van der Waals surface area contributed by atoms with Gasteiger partial charge in [-0.3, -0.25) is 9.69 Å². The molecule has 0 N–H and O–H groups in total. The largest absolute Gasteiger partial charge is 0.449 e. The Labute approximate surface area is 162 Å². The summed E-state index contributed by atoms with van der Waals surface area (Å²) in [5, 5.41) is 0. The molecule has 1 aliphatic heterocycles. The van der Waals surface area contributed by atoms with Gasteiger partial charge in [0.15, 0.2) is 6.10 Å². The molecule has 1 atom stereocenters. The van der Waals surface area contributed by atoms with E-state index in [1.54, 1.807) is 4.90 Å². The number of carbonyl (C=O) groups excluding carboxylic acids is 2. The summed E-state index contributed by atoms with van der Waals surface area (Å²) < 4.78 is 31.6. The quantitative estimate of drug-likeness (QED) is 0.739. The minimum Gasteiger partial charge on any atom is -0.449 e. The third-order valence-corrected chi connectivity index (χ3v) is 4.66. The van der Waals surface area contributed by atoms with Crippen LogP contribution in [0.4, 0.5) is 8.78 Å². The van der Waals surface area contributed by atoms with E-state index in [-0.39, 0.29) is 11.5 Å². The van der Waals surface area contributed by atoms with Gasteiger partial charge in [-0.1, -0.05) is 30.3 Å². The van der Waals surface area contributed by atoms with Crippen molar-refractivity contribution in [3.63, 3.8) is 0 Å². The van der Waals surface area contributed by atoms with Crippen molar-refractivity contribution in [2.24, 2.45) is 0 Å². The molecular weight excluding hydrogens is 366 g/mol. The second kappa shape index (κ2) is 8.93. The average Bonchev–Trinajstić information content (AvgIpc) is 2.68. The number of amides is 1. The summed E-state index contributed by atoms with van der Waals surface area (Å²) in [6.07, 6.45) is -1.03. The lowest BCUT2D eigenvalue weighted by molar-refractivity contribution is -0.141. The Morgan fingerprint density at radius 1 is 1.00 bits per heavy atom. The van der Waals surface area contributed by atoms with Crippen LogP contribution in [-0.2, 0) is 16.1 Å². The third-order valence-electron chi connectivity index (χ3n) is 4.66. The summed E-state index contributed by atoms with van der Waals surface area (Å²) in [4.78, 5) is 28.5. The smallest absolute Gasteiger partial charge is 0.339 e. The molecule has 2 aromatic carbocycles. The van der Waals surface area contributed by atoms with Gasteiger partial charge < -0.3 is 9.64 Å². The van der Waals surface area contributed by atoms with Crippen LogP contribution in [0.3, 0.4) is 0 Å². The number of halogens is 2. The molecule has 1 aliphatic rings. The predicted molar refractivity (Wildman–Crippen MR) is 99.5 cm³/mol. The lowest BCUT2D eigenvalue weighted by Gasteiger charge is -2.35. The van der Waals surface area contributed by atoms with Crippen LogP contribution in [0.25, 0.3) is 0 Å². The van der Waals surface area contributed by atoms with Crippen molar-refractivity contribution in [2.45, 2.75) is 19.6 Å². The van der Waals surface area contributed by atoms with E-state index in [0.29, 0.717) is 19.2 Å². The normalized spacial score (nSPS) is 15.9. The Morgan fingerprint density at radius 2 is 1.61 bits per heavy atom. The second-order valence-electron chi connectivity index (χ2n) is 6.79. The molecule has 7 heteroatoms. The lowest BCUT2D eigenvalue weighted by Crippen LogP contribution is -2.51. The van der Waals surface area contributed by atoms with Crippen molar-refractivity contribution in [3.8, 4) is 0 Å². The molecule has 0 spiro atoms. The van der Waals surface area contributed by atoms with Crippen molar-refractivity contribution >= 4 is 11.9 Å². The van der Waals surface area contributed by atoms with Crippen molar-refractivity contribution in [3.05, 3.63) is 71.3 Å². The average molecular weight is 388 g/mol. The maximum Gasteiger partial charge on any atom is 0.339 e. The highest BCUT2D eigenvalue weighted by molar-refractivity contribution is 5.92. The van der Waals surface area contributed by atoms with E-state index in [0.717, 1.165) is 31.8 Å². The van der Waals surface area contributed by atoms with E-state index in [1.807, 2.05) is 18.2 Å². The van der Waals surface area contributed by atoms with Crippen LogP contribution in [0.15, 0.2) is 48.5 Å². The van der Waals surface area contributed by atoms with Crippen LogP contribution >= 0.6 is 0 Å². The van der Waals surface area contributed by atoms with Crippen LogP contribution in [0.1, 0.15) is 22.8 Å². The number of piperazine rings is 1. The zero-order chi connectivity index (χ0) is 20.1. The summed E-state index contributed by atoms with van der Waals surface area (Å²) >= 11 is 0. The van der Waals surface area contributed by atoms with Gasteiger partial charge in [0.25, 0.3) is 5.91 Å². The molecule has 3 rings (SSSR count). The standard InChI is InChI=1S/C21H22F2N2O3/c1-15(28-21(27)17-11-18(22)13-19(23)12-17)20(26)25-9-7-24(8-10-25)14-16-5-3-2-4-6-16/h2-6,11-13,15H,7-10,14H2,1H3. The molecule has 1 amide bonds. The molecule has 1 saturated heterocycles. The van der Waals surface area contributed by atoms with Gasteiger partial charge in [-0.05, 0) is 24.6 Å². The number of esters is 1. The van der Waals surface area contributed by atoms with E-state index in [4.69, 9.17) is 4.74 Å². The molecule has 1 fully saturated rings. The third kappa shape index (κ3) is 5.13. The maximum absolute atomic E-state index is 13.2. The molecule has 2 aromatic rings. The minimum absolute atomic E-state index is 0.259. The Balaban J connectivity index is 1.51. The number of nitrogens with zero attached hydrogens (tertiary/aromatic N) is 2. The van der Waals surface area contributed by atoms with Gasteiger partial charge in [0.2, 0.25) is 0 Å². The van der Waals surface area contributed by atoms with Gasteiger partial charge in [0, 0.05) is 38.8 Å². The highest BCUT2D eigenvalue weighted by atomic mass is 19.1. The van der Waals surface area contributed by atoms with E-state index < -0.39 is 23.7 Å². The fraction of sp³-hybridized carbons (Fsp3) is 0.333. The molecule has 28 heavy (non-hydrogen) atoms. The first-order chi connectivity index (χ1) is 13.4. The lowest BCUT2D eigenvalue weighted by atomic mass is 10.2. The summed E-state index contributed by atoms with van der Waals surface area (Å²) in [5.41, 5.74) is 0.955. The molecule has 1 heterocycles. The summed E-state index contributed by atoms with van der Waals surface area (Å²) in [6.45, 7) is 4.78. The maximum atomic E-state index is 13.2. The van der Waals surface area contributed by atoms with Crippen LogP contribution in [0.5, 0.6) is 0 Å². The van der Waals surface area contributed by atoms with Crippen molar-refractivity contribution in [1.29, 1.82) is 0 Å². The predicted octanol–water partition coefficient (Wildman–Crippen LogP) is 2.85. The number of hydrogen-bond acceptors (Lipinski definition) is 4. The number of hydrogen-bond donors (Lipinski definition) is 0. The molecule has 1 unspecified atom stereocenters. The van der Waals surface area contributed by atoms with E-state index >= 15 is 0 Å². The van der Waals surface area contributed by atoms with E-state index in [2.05, 4.69) is 17.0 Å². The monoisotopic (exact) mass is 388 g/mol. The number of benzene rings is 2. The van der Waals surface area contributed by atoms with Crippen LogP contribution in [0.2, 0.25) is 0 Å². The number of rotatable bonds is 5. The van der Waals surface area contributed by atoms with Gasteiger partial charge in [-0.15, -0.1) is 0 Å². The summed E-state index contributed by atoms with van der Waals surface area (Å²) in [5.74, 6) is -2.99. The van der Waals surface area contributed by atoms with Crippen molar-refractivity contribution < 1.29 is 23.1 Å². The van der Waals surface area contributed by atoms with Crippen LogP contribution in [0, 0.1) is 11.6 Å². The SMILES string of the molecule is CC(OC(=O)c1cc(F)cc(F)c1)C(=O)N1CCN(Cc2ccccc2)CC1. The molecule has 148 valence electrons. The topological polar surface area (TPSA) is 49.9 Å². The van der Waals surface area contributed by atoms with Gasteiger partial charge in [-0.25, -0.2) is 13.6 Å². The molecule has 0 radical (unpaired) electrons. The zero-order valence-corrected chi connectivity index (χ0v) is 15.6. The van der Waals surface area contributed by atoms with Gasteiger partial charge in [0.1, 0.15) is 11.6 Å². The minimum atomic E-state index is -1.03. The van der Waals surface area contributed by atoms with E-state index in [9.17, 15) is 18.4 Å². The molecule has 5 nitrogen and oxygen atoms in total. The Morgan fingerprint density at radius 3 is 2.21 bits per heavy atom. The summed E-state index contributed by atoms with van der Waals surface area (Å²) in [6, 6.07) is 12.5. The number of ether oxygens (including phenoxy) is 1. The molecule has 0 bridgehead atoms. The van der Waals surface area contributed by atoms with E-state index in [1.165, 1.54) is 12.5 Å². The highest BCUT2D eigenvalue weighted by Gasteiger charge is 2.27. The van der Waals surface area contributed by atoms with Gasteiger partial charge in [0.05, 0.1) is 5.56 Å². The van der Waals surface area contributed by atoms with Gasteiger partial charge in [-0.2, -0.15) is 0 Å². The van der Waals surface area contributed by atoms with Crippen molar-refractivity contribution in [2.75, 3.05) is 26.2 Å². The Kier molecular flexibility index (Phi) is 6.36. The first kappa shape index (κ1) is 19.9. The highest BCUT2D eigenvalue weighted by Crippen LogP contribution is 2.13. The van der Waals surface area contributed by atoms with Crippen molar-refractivity contribution in [1.82, 2.24) is 9.80 Å². The number of carbonyl (C=O) groups is 2. The van der Waals surface area contributed by atoms with Gasteiger partial charge >= 0.3 is 5.97 Å². The van der Waals surface area contributed by atoms with Crippen LogP contribution in [-0.4, -0.2) is 54.0 Å². The molecule has 0 aliphatic carbocycles. The molecule has 0 aromatic heterocycles. The Bertz CT molecular complexity index is 817. The molecular formula is C21H22F2N2O3. The first-order valence-corrected chi connectivity index (χ1v) is 9.14. The fourth-order valence-corrected chi connectivity index (χ4v) is 3.18. The summed E-state index contributed by atoms with van der Waals surface area (Å²) in [7, 11) is 0. The zero-order valence-electron chi connectivity index (χ0n) is 15.6. The fourth-order valence-electron chi connectivity index (χ4n) is 3.18. The second-order valence-corrected chi connectivity index (χ2v) is 6.79. The molecule has 0 saturated carbocycles.